The topological polar surface area (TPSA) is 124 Å². The molecule has 0 fully saturated rings. The van der Waals surface area contributed by atoms with Crippen molar-refractivity contribution in [2.45, 2.75) is 6.42 Å². The van der Waals surface area contributed by atoms with Crippen molar-refractivity contribution in [2.24, 2.45) is 10.2 Å². The summed E-state index contributed by atoms with van der Waals surface area (Å²) in [6, 6.07) is 8.34. The molecule has 0 radical (unpaired) electrons. The molecule has 1 amide bonds. The first-order valence-corrected chi connectivity index (χ1v) is 6.41. The van der Waals surface area contributed by atoms with Crippen molar-refractivity contribution in [1.82, 2.24) is 15.0 Å². The summed E-state index contributed by atoms with van der Waals surface area (Å²) in [7, 11) is 0. The fourth-order valence-electron chi connectivity index (χ4n) is 2.02. The number of amides is 1. The minimum Gasteiger partial charge on any atom is -0.493 e. The van der Waals surface area contributed by atoms with Crippen LogP contribution >= 0.6 is 0 Å². The van der Waals surface area contributed by atoms with Gasteiger partial charge in [0.05, 0.1) is 24.0 Å². The van der Waals surface area contributed by atoms with Crippen LogP contribution in [0.2, 0.25) is 0 Å². The molecule has 3 rings (SSSR count). The van der Waals surface area contributed by atoms with Crippen molar-refractivity contribution < 1.29 is 9.90 Å². The number of aromatic nitrogens is 3. The SMILES string of the molecule is O=C(Cc1cc(=O)[nH]cn1)N=Nc1c(O)[nH]c2ccccc12. The molecule has 0 aliphatic heterocycles. The summed E-state index contributed by atoms with van der Waals surface area (Å²) in [4.78, 5) is 31.8. The number of rotatable bonds is 3. The molecule has 0 atom stereocenters. The van der Waals surface area contributed by atoms with Crippen molar-refractivity contribution >= 4 is 22.5 Å². The molecule has 0 saturated heterocycles. The van der Waals surface area contributed by atoms with Crippen LogP contribution in [-0.4, -0.2) is 26.0 Å². The maximum Gasteiger partial charge on any atom is 0.270 e. The number of fused-ring (bicyclic) bond motifs is 1. The Hall–Kier alpha value is -3.29. The van der Waals surface area contributed by atoms with Crippen LogP contribution in [0.25, 0.3) is 10.9 Å². The lowest BCUT2D eigenvalue weighted by Crippen LogP contribution is -2.09. The first-order chi connectivity index (χ1) is 10.6. The average Bonchev–Trinajstić information content (AvgIpc) is 2.80. The van der Waals surface area contributed by atoms with E-state index in [4.69, 9.17) is 0 Å². The zero-order valence-electron chi connectivity index (χ0n) is 11.3. The van der Waals surface area contributed by atoms with E-state index in [1.165, 1.54) is 12.4 Å². The first kappa shape index (κ1) is 13.7. The van der Waals surface area contributed by atoms with Crippen molar-refractivity contribution in [1.29, 1.82) is 0 Å². The maximum atomic E-state index is 11.8. The lowest BCUT2D eigenvalue weighted by Gasteiger charge is -1.94. The van der Waals surface area contributed by atoms with E-state index in [0.717, 1.165) is 0 Å². The highest BCUT2D eigenvalue weighted by molar-refractivity contribution is 5.94. The molecule has 8 heteroatoms. The first-order valence-electron chi connectivity index (χ1n) is 6.41. The van der Waals surface area contributed by atoms with Crippen LogP contribution in [-0.2, 0) is 11.2 Å². The van der Waals surface area contributed by atoms with Crippen molar-refractivity contribution in [3.05, 3.63) is 52.7 Å². The normalized spacial score (nSPS) is 11.3. The Morgan fingerprint density at radius 3 is 2.95 bits per heavy atom. The van der Waals surface area contributed by atoms with Gasteiger partial charge in [-0.1, -0.05) is 18.2 Å². The van der Waals surface area contributed by atoms with E-state index >= 15 is 0 Å². The lowest BCUT2D eigenvalue weighted by molar-refractivity contribution is -0.117. The Balaban J connectivity index is 1.82. The Labute approximate surface area is 123 Å². The minimum atomic E-state index is -0.567. The molecule has 0 spiro atoms. The number of aromatic hydroxyl groups is 1. The van der Waals surface area contributed by atoms with Crippen LogP contribution in [0.3, 0.4) is 0 Å². The molecule has 0 unspecified atom stereocenters. The number of hydrogen-bond acceptors (Lipinski definition) is 5. The Morgan fingerprint density at radius 1 is 1.32 bits per heavy atom. The molecule has 0 aliphatic carbocycles. The van der Waals surface area contributed by atoms with E-state index in [9.17, 15) is 14.7 Å². The van der Waals surface area contributed by atoms with Crippen LogP contribution in [0.1, 0.15) is 5.69 Å². The fourth-order valence-corrected chi connectivity index (χ4v) is 2.02. The van der Waals surface area contributed by atoms with E-state index in [1.807, 2.05) is 6.07 Å². The minimum absolute atomic E-state index is 0.142. The van der Waals surface area contributed by atoms with E-state index in [2.05, 4.69) is 25.2 Å². The molecule has 0 saturated carbocycles. The number of nitrogens with zero attached hydrogens (tertiary/aromatic N) is 3. The monoisotopic (exact) mass is 297 g/mol. The summed E-state index contributed by atoms with van der Waals surface area (Å²) in [5.41, 5.74) is 0.848. The number of carbonyl (C=O) groups is 1. The number of carbonyl (C=O) groups excluding carboxylic acids is 1. The van der Waals surface area contributed by atoms with Gasteiger partial charge in [0.15, 0.2) is 5.69 Å². The smallest absolute Gasteiger partial charge is 0.270 e. The van der Waals surface area contributed by atoms with Crippen molar-refractivity contribution in [2.75, 3.05) is 0 Å². The van der Waals surface area contributed by atoms with E-state index in [0.29, 0.717) is 16.6 Å². The molecule has 3 aromatic rings. The van der Waals surface area contributed by atoms with Crippen LogP contribution in [0.4, 0.5) is 5.69 Å². The predicted molar refractivity (Wildman–Crippen MR) is 78.0 cm³/mol. The third-order valence-corrected chi connectivity index (χ3v) is 2.99. The summed E-state index contributed by atoms with van der Waals surface area (Å²) >= 11 is 0. The number of azo groups is 1. The molecule has 110 valence electrons. The van der Waals surface area contributed by atoms with Crippen LogP contribution in [0, 0.1) is 0 Å². The van der Waals surface area contributed by atoms with Gasteiger partial charge in [-0.2, -0.15) is 0 Å². The molecular weight excluding hydrogens is 286 g/mol. The molecule has 0 aliphatic rings. The van der Waals surface area contributed by atoms with Gasteiger partial charge in [-0.25, -0.2) is 4.98 Å². The van der Waals surface area contributed by atoms with E-state index in [-0.39, 0.29) is 23.5 Å². The van der Waals surface area contributed by atoms with Gasteiger partial charge in [-0.3, -0.25) is 9.59 Å². The molecule has 22 heavy (non-hydrogen) atoms. The standard InChI is InChI=1S/C14H11N5O3/c20-11-5-8(15-7-16-11)6-12(21)18-19-13-9-3-1-2-4-10(9)17-14(13)22/h1-5,7,17,22H,6H2,(H,15,16,20). The fraction of sp³-hybridized carbons (Fsp3) is 0.0714. The Kier molecular flexibility index (Phi) is 3.48. The number of aromatic amines is 2. The molecule has 8 nitrogen and oxygen atoms in total. The van der Waals surface area contributed by atoms with Crippen LogP contribution in [0.5, 0.6) is 5.88 Å². The summed E-state index contributed by atoms with van der Waals surface area (Å²) in [6.07, 6.45) is 1.07. The van der Waals surface area contributed by atoms with Gasteiger partial charge in [0.1, 0.15) is 0 Å². The van der Waals surface area contributed by atoms with E-state index < -0.39 is 5.91 Å². The summed E-state index contributed by atoms with van der Waals surface area (Å²) in [6.45, 7) is 0. The van der Waals surface area contributed by atoms with Gasteiger partial charge in [0.2, 0.25) is 5.88 Å². The molecule has 1 aromatic carbocycles. The zero-order chi connectivity index (χ0) is 15.5. The van der Waals surface area contributed by atoms with E-state index in [1.54, 1.807) is 18.2 Å². The summed E-state index contributed by atoms with van der Waals surface area (Å²) in [5.74, 6) is -0.727. The Bertz CT molecular complexity index is 925. The molecule has 2 aromatic heterocycles. The molecule has 2 heterocycles. The highest BCUT2D eigenvalue weighted by atomic mass is 16.3. The second-order valence-corrected chi connectivity index (χ2v) is 4.54. The quantitative estimate of drug-likeness (QED) is 0.638. The molecule has 3 N–H and O–H groups in total. The Morgan fingerprint density at radius 2 is 2.14 bits per heavy atom. The van der Waals surface area contributed by atoms with Gasteiger partial charge >= 0.3 is 0 Å². The van der Waals surface area contributed by atoms with Crippen LogP contribution < -0.4 is 5.56 Å². The van der Waals surface area contributed by atoms with Crippen LogP contribution in [0.15, 0.2) is 51.7 Å². The zero-order valence-corrected chi connectivity index (χ0v) is 11.3. The summed E-state index contributed by atoms with van der Waals surface area (Å²) < 4.78 is 0. The van der Waals surface area contributed by atoms with Gasteiger partial charge in [0.25, 0.3) is 11.5 Å². The van der Waals surface area contributed by atoms with Crippen molar-refractivity contribution in [3.63, 3.8) is 0 Å². The average molecular weight is 297 g/mol. The maximum absolute atomic E-state index is 11.8. The molecular formula is C14H11N5O3. The number of H-pyrrole nitrogens is 2. The van der Waals surface area contributed by atoms with Gasteiger partial charge in [-0.05, 0) is 6.07 Å². The third kappa shape index (κ3) is 2.75. The third-order valence-electron chi connectivity index (χ3n) is 2.99. The number of benzene rings is 1. The van der Waals surface area contributed by atoms with Crippen molar-refractivity contribution in [3.8, 4) is 5.88 Å². The van der Waals surface area contributed by atoms with Gasteiger partial charge < -0.3 is 15.1 Å². The second kappa shape index (κ2) is 5.60. The second-order valence-electron chi connectivity index (χ2n) is 4.54. The number of para-hydroxylation sites is 1. The number of nitrogens with one attached hydrogen (secondary N) is 2. The molecule has 0 bridgehead atoms. The van der Waals surface area contributed by atoms with Gasteiger partial charge in [0, 0.05) is 11.5 Å². The predicted octanol–water partition coefficient (Wildman–Crippen LogP) is 1.81. The highest BCUT2D eigenvalue weighted by Gasteiger charge is 2.10. The lowest BCUT2D eigenvalue weighted by atomic mass is 10.2. The van der Waals surface area contributed by atoms with Gasteiger partial charge in [-0.15, -0.1) is 10.2 Å². The summed E-state index contributed by atoms with van der Waals surface area (Å²) in [5, 5.41) is 17.8. The largest absolute Gasteiger partial charge is 0.493 e. The number of hydrogen-bond donors (Lipinski definition) is 3. The highest BCUT2D eigenvalue weighted by Crippen LogP contribution is 2.35.